The van der Waals surface area contributed by atoms with Crippen LogP contribution < -0.4 is 10.6 Å². The van der Waals surface area contributed by atoms with Gasteiger partial charge in [-0.15, -0.1) is 0 Å². The zero-order valence-electron chi connectivity index (χ0n) is 16.6. The molecule has 3 amide bonds. The van der Waals surface area contributed by atoms with Gasteiger partial charge in [-0.05, 0) is 33.6 Å². The second-order valence-electron chi connectivity index (χ2n) is 7.04. The molecule has 3 rings (SSSR count). The van der Waals surface area contributed by atoms with Crippen molar-refractivity contribution in [3.05, 3.63) is 70.2 Å². The Balaban J connectivity index is 1.34. The maximum absolute atomic E-state index is 12.6. The summed E-state index contributed by atoms with van der Waals surface area (Å²) in [5, 5.41) is 5.27. The first kappa shape index (κ1) is 22.0. The van der Waals surface area contributed by atoms with Gasteiger partial charge in [0, 0.05) is 50.3 Å². The Kier molecular flexibility index (Phi) is 7.98. The third-order valence-corrected chi connectivity index (χ3v) is 5.67. The molecule has 0 saturated carbocycles. The third-order valence-electron chi connectivity index (χ3n) is 4.98. The van der Waals surface area contributed by atoms with Gasteiger partial charge in [0.25, 0.3) is 5.91 Å². The molecule has 30 heavy (non-hydrogen) atoms. The molecular formula is C22H25BrN4O3. The molecule has 0 spiro atoms. The average molecular weight is 473 g/mol. The Morgan fingerprint density at radius 2 is 1.47 bits per heavy atom. The van der Waals surface area contributed by atoms with Gasteiger partial charge in [0.2, 0.25) is 0 Å². The van der Waals surface area contributed by atoms with E-state index in [1.807, 2.05) is 59.5 Å². The van der Waals surface area contributed by atoms with Crippen LogP contribution in [0.2, 0.25) is 0 Å². The number of hydrogen-bond acceptors (Lipinski definition) is 4. The van der Waals surface area contributed by atoms with Gasteiger partial charge < -0.3 is 15.5 Å². The number of rotatable bonds is 6. The molecule has 2 aromatic carbocycles. The molecule has 0 radical (unpaired) electrons. The summed E-state index contributed by atoms with van der Waals surface area (Å²) in [7, 11) is 0. The standard InChI is InChI=1S/C22H25BrN4O3/c23-19-9-5-4-8-18(19)22(30)27-14-12-26(13-15-27)11-10-24-20(28)21(29)25-16-17-6-2-1-3-7-17/h1-9H,10-16H2,(H,24,28)(H,25,29). The molecule has 1 aliphatic rings. The Hall–Kier alpha value is -2.71. The molecule has 0 aliphatic carbocycles. The maximum Gasteiger partial charge on any atom is 0.309 e. The molecule has 0 atom stereocenters. The molecule has 1 fully saturated rings. The number of piperazine rings is 1. The molecule has 1 saturated heterocycles. The first-order valence-electron chi connectivity index (χ1n) is 9.90. The van der Waals surface area contributed by atoms with Gasteiger partial charge in [-0.25, -0.2) is 0 Å². The minimum atomic E-state index is -0.636. The Morgan fingerprint density at radius 1 is 0.833 bits per heavy atom. The fourth-order valence-electron chi connectivity index (χ4n) is 3.25. The number of benzene rings is 2. The Labute approximate surface area is 184 Å². The topological polar surface area (TPSA) is 81.8 Å². The minimum absolute atomic E-state index is 0.0190. The fraction of sp³-hybridized carbons (Fsp3) is 0.318. The van der Waals surface area contributed by atoms with E-state index in [9.17, 15) is 14.4 Å². The van der Waals surface area contributed by atoms with Crippen LogP contribution in [0.3, 0.4) is 0 Å². The highest BCUT2D eigenvalue weighted by Gasteiger charge is 2.23. The van der Waals surface area contributed by atoms with Gasteiger partial charge in [-0.1, -0.05) is 42.5 Å². The second-order valence-corrected chi connectivity index (χ2v) is 7.89. The van der Waals surface area contributed by atoms with Gasteiger partial charge in [-0.3, -0.25) is 19.3 Å². The minimum Gasteiger partial charge on any atom is -0.347 e. The number of carbonyl (C=O) groups is 3. The monoisotopic (exact) mass is 472 g/mol. The molecule has 7 nitrogen and oxygen atoms in total. The number of nitrogens with one attached hydrogen (secondary N) is 2. The van der Waals surface area contributed by atoms with Crippen molar-refractivity contribution in [3.8, 4) is 0 Å². The van der Waals surface area contributed by atoms with Crippen LogP contribution in [0.25, 0.3) is 0 Å². The first-order chi connectivity index (χ1) is 14.5. The number of nitrogens with zero attached hydrogens (tertiary/aromatic N) is 2. The van der Waals surface area contributed by atoms with Crippen molar-refractivity contribution < 1.29 is 14.4 Å². The summed E-state index contributed by atoms with van der Waals surface area (Å²) in [6, 6.07) is 16.9. The van der Waals surface area contributed by atoms with Crippen molar-refractivity contribution >= 4 is 33.7 Å². The predicted molar refractivity (Wildman–Crippen MR) is 118 cm³/mol. The smallest absolute Gasteiger partial charge is 0.309 e. The average Bonchev–Trinajstić information content (AvgIpc) is 2.78. The van der Waals surface area contributed by atoms with Crippen molar-refractivity contribution in [2.45, 2.75) is 6.54 Å². The molecule has 158 valence electrons. The predicted octanol–water partition coefficient (Wildman–Crippen LogP) is 1.64. The van der Waals surface area contributed by atoms with Crippen molar-refractivity contribution in [2.75, 3.05) is 39.3 Å². The molecule has 0 aromatic heterocycles. The van der Waals surface area contributed by atoms with E-state index >= 15 is 0 Å². The molecule has 2 aromatic rings. The van der Waals surface area contributed by atoms with Gasteiger partial charge in [0.05, 0.1) is 5.56 Å². The van der Waals surface area contributed by atoms with Crippen molar-refractivity contribution in [3.63, 3.8) is 0 Å². The summed E-state index contributed by atoms with van der Waals surface area (Å²) in [6.07, 6.45) is 0. The van der Waals surface area contributed by atoms with Gasteiger partial charge >= 0.3 is 11.8 Å². The van der Waals surface area contributed by atoms with E-state index in [4.69, 9.17) is 0 Å². The lowest BCUT2D eigenvalue weighted by Gasteiger charge is -2.34. The summed E-state index contributed by atoms with van der Waals surface area (Å²) in [5.74, 6) is -1.25. The van der Waals surface area contributed by atoms with Crippen LogP contribution in [-0.2, 0) is 16.1 Å². The van der Waals surface area contributed by atoms with E-state index in [0.29, 0.717) is 38.3 Å². The van der Waals surface area contributed by atoms with Gasteiger partial charge in [0.1, 0.15) is 0 Å². The van der Waals surface area contributed by atoms with Crippen LogP contribution in [0.1, 0.15) is 15.9 Å². The number of halogens is 1. The summed E-state index contributed by atoms with van der Waals surface area (Å²) in [6.45, 7) is 4.06. The van der Waals surface area contributed by atoms with Crippen LogP contribution in [0, 0.1) is 0 Å². The molecule has 8 heteroatoms. The lowest BCUT2D eigenvalue weighted by Crippen LogP contribution is -2.51. The summed E-state index contributed by atoms with van der Waals surface area (Å²) in [5.41, 5.74) is 1.60. The van der Waals surface area contributed by atoms with Crippen LogP contribution in [0.15, 0.2) is 59.1 Å². The van der Waals surface area contributed by atoms with Crippen LogP contribution in [0.5, 0.6) is 0 Å². The lowest BCUT2D eigenvalue weighted by molar-refractivity contribution is -0.139. The van der Waals surface area contributed by atoms with Crippen molar-refractivity contribution in [1.29, 1.82) is 0 Å². The molecule has 0 unspecified atom stereocenters. The highest BCUT2D eigenvalue weighted by atomic mass is 79.9. The van der Waals surface area contributed by atoms with Crippen LogP contribution in [0.4, 0.5) is 0 Å². The normalized spacial score (nSPS) is 14.2. The van der Waals surface area contributed by atoms with E-state index in [1.165, 1.54) is 0 Å². The second kappa shape index (κ2) is 10.9. The Bertz CT molecular complexity index is 883. The largest absolute Gasteiger partial charge is 0.347 e. The summed E-state index contributed by atoms with van der Waals surface area (Å²) >= 11 is 3.43. The lowest BCUT2D eigenvalue weighted by atomic mass is 10.2. The quantitative estimate of drug-likeness (QED) is 0.626. The maximum atomic E-state index is 12.6. The SMILES string of the molecule is O=C(NCCN1CCN(C(=O)c2ccccc2Br)CC1)C(=O)NCc1ccccc1. The summed E-state index contributed by atoms with van der Waals surface area (Å²) < 4.78 is 0.797. The van der Waals surface area contributed by atoms with Gasteiger partial charge in [-0.2, -0.15) is 0 Å². The van der Waals surface area contributed by atoms with Crippen LogP contribution in [-0.4, -0.2) is 66.8 Å². The zero-order chi connectivity index (χ0) is 21.3. The third kappa shape index (κ3) is 6.14. The molecule has 1 heterocycles. The fourth-order valence-corrected chi connectivity index (χ4v) is 3.70. The van der Waals surface area contributed by atoms with E-state index in [-0.39, 0.29) is 5.91 Å². The van der Waals surface area contributed by atoms with E-state index in [1.54, 1.807) is 0 Å². The highest BCUT2D eigenvalue weighted by Crippen LogP contribution is 2.18. The van der Waals surface area contributed by atoms with Crippen molar-refractivity contribution in [2.24, 2.45) is 0 Å². The number of hydrogen-bond donors (Lipinski definition) is 2. The number of amides is 3. The Morgan fingerprint density at radius 3 is 2.17 bits per heavy atom. The van der Waals surface area contributed by atoms with Crippen molar-refractivity contribution in [1.82, 2.24) is 20.4 Å². The van der Waals surface area contributed by atoms with Crippen LogP contribution >= 0.6 is 15.9 Å². The van der Waals surface area contributed by atoms with E-state index in [2.05, 4.69) is 31.5 Å². The molecule has 1 aliphatic heterocycles. The first-order valence-corrected chi connectivity index (χ1v) is 10.7. The zero-order valence-corrected chi connectivity index (χ0v) is 18.2. The van der Waals surface area contributed by atoms with E-state index < -0.39 is 11.8 Å². The molecular weight excluding hydrogens is 448 g/mol. The number of carbonyl (C=O) groups excluding carboxylic acids is 3. The molecule has 2 N–H and O–H groups in total. The van der Waals surface area contributed by atoms with E-state index in [0.717, 1.165) is 23.1 Å². The summed E-state index contributed by atoms with van der Waals surface area (Å²) in [4.78, 5) is 40.5. The van der Waals surface area contributed by atoms with Gasteiger partial charge in [0.15, 0.2) is 0 Å². The molecule has 0 bridgehead atoms. The highest BCUT2D eigenvalue weighted by molar-refractivity contribution is 9.10.